The van der Waals surface area contributed by atoms with Gasteiger partial charge in [0.1, 0.15) is 5.75 Å². The molecular formula is C11H19N3O2S. The second-order valence-electron chi connectivity index (χ2n) is 4.26. The summed E-state index contributed by atoms with van der Waals surface area (Å²) in [6.07, 6.45) is 2.53. The number of hydrogen-bond donors (Lipinski definition) is 3. The van der Waals surface area contributed by atoms with E-state index in [1.54, 1.807) is 7.05 Å². The van der Waals surface area contributed by atoms with E-state index in [0.29, 0.717) is 28.8 Å². The summed E-state index contributed by atoms with van der Waals surface area (Å²) in [6, 6.07) is 0.351. The van der Waals surface area contributed by atoms with Gasteiger partial charge in [0.05, 0.1) is 5.71 Å². The van der Waals surface area contributed by atoms with Gasteiger partial charge in [-0.15, -0.1) is 0 Å². The molecule has 2 fully saturated rings. The van der Waals surface area contributed by atoms with Gasteiger partial charge in [-0.2, -0.15) is 0 Å². The summed E-state index contributed by atoms with van der Waals surface area (Å²) < 4.78 is 17.1. The molecule has 2 aliphatic rings. The van der Waals surface area contributed by atoms with Crippen LogP contribution < -0.4 is 10.6 Å². The molecule has 0 amide bonds. The quantitative estimate of drug-likeness (QED) is 0.636. The highest BCUT2D eigenvalue weighted by atomic mass is 32.2. The van der Waals surface area contributed by atoms with Crippen LogP contribution in [0, 0.1) is 5.41 Å². The molecule has 0 spiro atoms. The van der Waals surface area contributed by atoms with Gasteiger partial charge < -0.3 is 19.9 Å². The fourth-order valence-electron chi connectivity index (χ4n) is 2.11. The number of rotatable bonds is 3. The summed E-state index contributed by atoms with van der Waals surface area (Å²) in [5.41, 5.74) is 0.493. The summed E-state index contributed by atoms with van der Waals surface area (Å²) in [7, 11) is 1.80. The smallest absolute Gasteiger partial charge is 0.213 e. The maximum absolute atomic E-state index is 11.8. The molecule has 17 heavy (non-hydrogen) atoms. The molecule has 96 valence electrons. The van der Waals surface area contributed by atoms with Gasteiger partial charge in [-0.3, -0.25) is 5.41 Å². The number of ether oxygens (including phenoxy) is 1. The molecule has 2 aliphatic heterocycles. The Kier molecular flexibility index (Phi) is 4.31. The zero-order valence-corrected chi connectivity index (χ0v) is 10.9. The highest BCUT2D eigenvalue weighted by Gasteiger charge is 2.32. The Morgan fingerprint density at radius 3 is 2.71 bits per heavy atom. The first-order valence-electron chi connectivity index (χ1n) is 5.95. The van der Waals surface area contributed by atoms with E-state index in [2.05, 4.69) is 10.6 Å². The fourth-order valence-corrected chi connectivity index (χ4v) is 3.47. The third-order valence-corrected chi connectivity index (χ3v) is 4.57. The molecule has 0 aromatic carbocycles. The average Bonchev–Trinajstić information content (AvgIpc) is 2.68. The molecule has 6 heteroatoms. The van der Waals surface area contributed by atoms with Crippen molar-refractivity contribution in [3.63, 3.8) is 0 Å². The van der Waals surface area contributed by atoms with Crippen LogP contribution in [-0.4, -0.2) is 42.3 Å². The van der Waals surface area contributed by atoms with Crippen molar-refractivity contribution in [2.24, 2.45) is 0 Å². The monoisotopic (exact) mass is 257 g/mol. The second-order valence-corrected chi connectivity index (χ2v) is 5.77. The average molecular weight is 257 g/mol. The minimum absolute atomic E-state index is 0.351. The Morgan fingerprint density at radius 1 is 1.47 bits per heavy atom. The van der Waals surface area contributed by atoms with Gasteiger partial charge in [0, 0.05) is 32.7 Å². The summed E-state index contributed by atoms with van der Waals surface area (Å²) in [5, 5.41) is 14.2. The Balaban J connectivity index is 2.08. The van der Waals surface area contributed by atoms with Gasteiger partial charge in [0.2, 0.25) is 4.91 Å². The zero-order valence-electron chi connectivity index (χ0n) is 10.0. The van der Waals surface area contributed by atoms with Crippen molar-refractivity contribution in [3.8, 4) is 0 Å². The van der Waals surface area contributed by atoms with E-state index in [9.17, 15) is 4.55 Å². The van der Waals surface area contributed by atoms with Crippen LogP contribution in [-0.2, 0) is 15.9 Å². The van der Waals surface area contributed by atoms with Crippen molar-refractivity contribution in [1.29, 1.82) is 5.41 Å². The van der Waals surface area contributed by atoms with Gasteiger partial charge >= 0.3 is 0 Å². The first-order valence-corrected chi connectivity index (χ1v) is 7.26. The lowest BCUT2D eigenvalue weighted by Gasteiger charge is -2.25. The summed E-state index contributed by atoms with van der Waals surface area (Å²) in [5.74, 6) is 1.34. The second kappa shape index (κ2) is 5.75. The predicted molar refractivity (Wildman–Crippen MR) is 68.4 cm³/mol. The first kappa shape index (κ1) is 12.7. The molecular weight excluding hydrogens is 238 g/mol. The van der Waals surface area contributed by atoms with Gasteiger partial charge in [-0.25, -0.2) is 0 Å². The Morgan fingerprint density at radius 2 is 2.18 bits per heavy atom. The van der Waals surface area contributed by atoms with Crippen LogP contribution in [0.1, 0.15) is 19.3 Å². The molecule has 2 heterocycles. The van der Waals surface area contributed by atoms with Crippen LogP contribution in [0.25, 0.3) is 0 Å². The Hall–Kier alpha value is -0.720. The lowest BCUT2D eigenvalue weighted by Crippen LogP contribution is -2.39. The van der Waals surface area contributed by atoms with Crippen molar-refractivity contribution >= 4 is 16.9 Å². The van der Waals surface area contributed by atoms with E-state index in [4.69, 9.17) is 10.1 Å². The van der Waals surface area contributed by atoms with Crippen LogP contribution in [0.2, 0.25) is 0 Å². The molecule has 0 aromatic heterocycles. The van der Waals surface area contributed by atoms with Gasteiger partial charge in [-0.1, -0.05) is 0 Å². The van der Waals surface area contributed by atoms with Crippen LogP contribution in [0.3, 0.4) is 0 Å². The van der Waals surface area contributed by atoms with E-state index in [1.807, 2.05) is 0 Å². The summed E-state index contributed by atoms with van der Waals surface area (Å²) >= 11 is -1.03. The molecule has 0 aliphatic carbocycles. The minimum Gasteiger partial charge on any atom is -0.611 e. The van der Waals surface area contributed by atoms with E-state index in [1.165, 1.54) is 0 Å². The lowest BCUT2D eigenvalue weighted by atomic mass is 10.1. The molecule has 1 atom stereocenters. The lowest BCUT2D eigenvalue weighted by molar-refractivity contribution is 0.0800. The summed E-state index contributed by atoms with van der Waals surface area (Å²) in [4.78, 5) is 0.652. The summed E-state index contributed by atoms with van der Waals surface area (Å²) in [6.45, 7) is 1.54. The normalized spacial score (nSPS) is 29.3. The molecule has 3 N–H and O–H groups in total. The number of hydrogen-bond acceptors (Lipinski definition) is 5. The molecule has 2 saturated heterocycles. The van der Waals surface area contributed by atoms with Crippen molar-refractivity contribution in [1.82, 2.24) is 10.6 Å². The topological polar surface area (TPSA) is 80.2 Å². The largest absolute Gasteiger partial charge is 0.611 e. The van der Waals surface area contributed by atoms with E-state index in [-0.39, 0.29) is 0 Å². The molecule has 1 unspecified atom stereocenters. The third kappa shape index (κ3) is 2.94. The Labute approximate surface area is 105 Å². The van der Waals surface area contributed by atoms with Crippen LogP contribution in [0.5, 0.6) is 0 Å². The van der Waals surface area contributed by atoms with Crippen molar-refractivity contribution < 1.29 is 9.29 Å². The maximum Gasteiger partial charge on any atom is 0.213 e. The zero-order chi connectivity index (χ0) is 12.3. The van der Waals surface area contributed by atoms with Gasteiger partial charge in [0.15, 0.2) is 5.82 Å². The molecule has 0 aromatic rings. The van der Waals surface area contributed by atoms with Crippen LogP contribution in [0.15, 0.2) is 10.7 Å². The van der Waals surface area contributed by atoms with Crippen molar-refractivity contribution in [2.75, 3.05) is 26.0 Å². The minimum atomic E-state index is -1.03. The molecule has 0 radical (unpaired) electrons. The molecule has 5 nitrogen and oxygen atoms in total. The molecule has 0 saturated carbocycles. The van der Waals surface area contributed by atoms with Crippen molar-refractivity contribution in [3.05, 3.63) is 10.7 Å². The Bertz CT molecular complexity index is 327. The van der Waals surface area contributed by atoms with E-state index < -0.39 is 11.2 Å². The van der Waals surface area contributed by atoms with Gasteiger partial charge in [-0.05, 0) is 24.0 Å². The van der Waals surface area contributed by atoms with E-state index >= 15 is 0 Å². The predicted octanol–water partition coefficient (Wildman–Crippen LogP) is 0.316. The van der Waals surface area contributed by atoms with E-state index in [0.717, 1.165) is 31.9 Å². The number of nitrogens with one attached hydrogen (secondary N) is 3. The van der Waals surface area contributed by atoms with Crippen LogP contribution in [0.4, 0.5) is 0 Å². The highest BCUT2D eigenvalue weighted by Crippen LogP contribution is 2.23. The van der Waals surface area contributed by atoms with Crippen molar-refractivity contribution in [2.45, 2.75) is 25.3 Å². The standard InChI is InChI=1S/C11H19N3O2S/c1-13-11(10-9(12)4-7-17(10)15)14-8-2-5-16-6-3-8/h8,12-14H,2-7H2,1H3/b11-10-,12-9?. The van der Waals surface area contributed by atoms with Crippen LogP contribution >= 0.6 is 0 Å². The third-order valence-electron chi connectivity index (χ3n) is 3.09. The SMILES string of the molecule is CN/C(NC1CCOCC1)=C1\C(=N)CC[S+]1[O-]. The number of allylic oxidation sites excluding steroid dienone is 1. The van der Waals surface area contributed by atoms with Gasteiger partial charge in [0.25, 0.3) is 0 Å². The highest BCUT2D eigenvalue weighted by molar-refractivity contribution is 7.96. The maximum atomic E-state index is 11.8. The first-order chi connectivity index (χ1) is 8.22. The molecule has 0 bridgehead atoms. The fraction of sp³-hybridized carbons (Fsp3) is 0.727. The molecule has 2 rings (SSSR count).